The van der Waals surface area contributed by atoms with Crippen LogP contribution in [0.25, 0.3) is 0 Å². The molecule has 6 nitrogen and oxygen atoms in total. The lowest BCUT2D eigenvalue weighted by Gasteiger charge is -2.40. The van der Waals surface area contributed by atoms with Gasteiger partial charge >= 0.3 is 0 Å². The van der Waals surface area contributed by atoms with Gasteiger partial charge in [-0.05, 0) is 50.2 Å². The molecule has 25 heavy (non-hydrogen) atoms. The van der Waals surface area contributed by atoms with Crippen LogP contribution in [0, 0.1) is 0 Å². The molecule has 0 aliphatic heterocycles. The summed E-state index contributed by atoms with van der Waals surface area (Å²) in [4.78, 5) is 14.9. The molecule has 0 saturated heterocycles. The highest BCUT2D eigenvalue weighted by molar-refractivity contribution is 7.92. The molecule has 1 fully saturated rings. The van der Waals surface area contributed by atoms with Crippen LogP contribution in [0.15, 0.2) is 24.3 Å². The molecule has 2 rings (SSSR count). The van der Waals surface area contributed by atoms with E-state index in [0.717, 1.165) is 32.2 Å². The van der Waals surface area contributed by atoms with E-state index in [4.69, 9.17) is 0 Å². The van der Waals surface area contributed by atoms with Crippen molar-refractivity contribution in [3.05, 3.63) is 29.8 Å². The lowest BCUT2D eigenvalue weighted by molar-refractivity contribution is 0.0818. The highest BCUT2D eigenvalue weighted by Crippen LogP contribution is 2.34. The SMILES string of the molecule is CCN(CC)C1(CNC(=O)c2ccc(NS(C)(=O)=O)cc2)CCCC1. The van der Waals surface area contributed by atoms with Gasteiger partial charge in [-0.15, -0.1) is 0 Å². The molecular weight excluding hydrogens is 338 g/mol. The first kappa shape index (κ1) is 19.7. The summed E-state index contributed by atoms with van der Waals surface area (Å²) in [5, 5.41) is 3.08. The van der Waals surface area contributed by atoms with Gasteiger partial charge in [0.25, 0.3) is 5.91 Å². The largest absolute Gasteiger partial charge is 0.350 e. The predicted octanol–water partition coefficient (Wildman–Crippen LogP) is 2.44. The molecule has 1 aliphatic rings. The van der Waals surface area contributed by atoms with Gasteiger partial charge in [0.15, 0.2) is 0 Å². The number of sulfonamides is 1. The molecule has 7 heteroatoms. The maximum atomic E-state index is 12.5. The summed E-state index contributed by atoms with van der Waals surface area (Å²) in [6.45, 7) is 6.95. The Bertz CT molecular complexity index is 676. The first-order valence-electron chi connectivity index (χ1n) is 8.91. The van der Waals surface area contributed by atoms with Gasteiger partial charge in [0.1, 0.15) is 0 Å². The number of hydrogen-bond acceptors (Lipinski definition) is 4. The molecule has 1 aliphatic carbocycles. The van der Waals surface area contributed by atoms with E-state index < -0.39 is 10.0 Å². The van der Waals surface area contributed by atoms with Crippen LogP contribution in [0.2, 0.25) is 0 Å². The van der Waals surface area contributed by atoms with Crippen molar-refractivity contribution in [2.45, 2.75) is 45.1 Å². The van der Waals surface area contributed by atoms with Gasteiger partial charge in [0.2, 0.25) is 10.0 Å². The summed E-state index contributed by atoms with van der Waals surface area (Å²) < 4.78 is 24.9. The molecule has 1 amide bonds. The van der Waals surface area contributed by atoms with Crippen molar-refractivity contribution in [1.82, 2.24) is 10.2 Å². The smallest absolute Gasteiger partial charge is 0.251 e. The van der Waals surface area contributed by atoms with E-state index in [1.165, 1.54) is 12.8 Å². The van der Waals surface area contributed by atoms with Gasteiger partial charge in [-0.2, -0.15) is 0 Å². The average Bonchev–Trinajstić information content (AvgIpc) is 3.03. The van der Waals surface area contributed by atoms with E-state index >= 15 is 0 Å². The summed E-state index contributed by atoms with van der Waals surface area (Å²) >= 11 is 0. The summed E-state index contributed by atoms with van der Waals surface area (Å²) in [6, 6.07) is 6.49. The Hall–Kier alpha value is -1.60. The Morgan fingerprint density at radius 1 is 1.12 bits per heavy atom. The van der Waals surface area contributed by atoms with Crippen molar-refractivity contribution in [3.63, 3.8) is 0 Å². The van der Waals surface area contributed by atoms with Crippen LogP contribution in [-0.4, -0.2) is 50.7 Å². The van der Waals surface area contributed by atoms with Crippen molar-refractivity contribution in [1.29, 1.82) is 0 Å². The number of nitrogens with zero attached hydrogens (tertiary/aromatic N) is 1. The molecule has 0 atom stereocenters. The summed E-state index contributed by atoms with van der Waals surface area (Å²) in [7, 11) is -3.31. The minimum absolute atomic E-state index is 0.0664. The number of carbonyl (C=O) groups excluding carboxylic acids is 1. The molecule has 1 saturated carbocycles. The second kappa shape index (κ2) is 8.19. The van der Waals surface area contributed by atoms with Gasteiger partial charge in [0, 0.05) is 23.3 Å². The van der Waals surface area contributed by atoms with Crippen LogP contribution in [0.3, 0.4) is 0 Å². The van der Waals surface area contributed by atoms with E-state index in [1.807, 2.05) is 0 Å². The Morgan fingerprint density at radius 3 is 2.16 bits per heavy atom. The fourth-order valence-electron chi connectivity index (χ4n) is 3.78. The van der Waals surface area contributed by atoms with E-state index in [2.05, 4.69) is 28.8 Å². The van der Waals surface area contributed by atoms with Crippen molar-refractivity contribution >= 4 is 21.6 Å². The molecule has 1 aromatic rings. The molecular formula is C18H29N3O3S. The van der Waals surface area contributed by atoms with E-state index in [9.17, 15) is 13.2 Å². The van der Waals surface area contributed by atoms with Gasteiger partial charge in [-0.3, -0.25) is 14.4 Å². The van der Waals surface area contributed by atoms with Crippen LogP contribution in [-0.2, 0) is 10.0 Å². The number of anilines is 1. The molecule has 140 valence electrons. The van der Waals surface area contributed by atoms with Gasteiger partial charge in [0.05, 0.1) is 6.26 Å². The fourth-order valence-corrected chi connectivity index (χ4v) is 4.35. The number of rotatable bonds is 8. The van der Waals surface area contributed by atoms with Gasteiger partial charge < -0.3 is 5.32 Å². The van der Waals surface area contributed by atoms with Crippen molar-refractivity contribution in [2.75, 3.05) is 30.6 Å². The normalized spacial score (nSPS) is 16.8. The molecule has 0 radical (unpaired) electrons. The molecule has 0 heterocycles. The van der Waals surface area contributed by atoms with Crippen LogP contribution in [0.1, 0.15) is 49.9 Å². The standard InChI is InChI=1S/C18H29N3O3S/c1-4-21(5-2)18(12-6-7-13-18)14-19-17(22)15-8-10-16(11-9-15)20-25(3,23)24/h8-11,20H,4-7,12-14H2,1-3H3,(H,19,22). The zero-order valence-corrected chi connectivity index (χ0v) is 16.2. The van der Waals surface area contributed by atoms with Crippen LogP contribution in [0.5, 0.6) is 0 Å². The zero-order chi connectivity index (χ0) is 18.5. The van der Waals surface area contributed by atoms with Gasteiger partial charge in [-0.25, -0.2) is 8.42 Å². The predicted molar refractivity (Wildman–Crippen MR) is 101 cm³/mol. The number of likely N-dealkylation sites (N-methyl/N-ethyl adjacent to an activating group) is 1. The maximum Gasteiger partial charge on any atom is 0.251 e. The third kappa shape index (κ3) is 5.19. The van der Waals surface area contributed by atoms with E-state index in [0.29, 0.717) is 17.8 Å². The summed E-state index contributed by atoms with van der Waals surface area (Å²) in [5.41, 5.74) is 1.05. The van der Waals surface area contributed by atoms with E-state index in [1.54, 1.807) is 24.3 Å². The summed E-state index contributed by atoms with van der Waals surface area (Å²) in [6.07, 6.45) is 5.75. The molecule has 0 aromatic heterocycles. The van der Waals surface area contributed by atoms with E-state index in [-0.39, 0.29) is 11.4 Å². The van der Waals surface area contributed by atoms with Crippen LogP contribution >= 0.6 is 0 Å². The minimum atomic E-state index is -3.31. The lowest BCUT2D eigenvalue weighted by atomic mass is 9.94. The van der Waals surface area contributed by atoms with Crippen molar-refractivity contribution in [2.24, 2.45) is 0 Å². The first-order chi connectivity index (χ1) is 11.8. The minimum Gasteiger partial charge on any atom is -0.350 e. The van der Waals surface area contributed by atoms with Crippen molar-refractivity contribution < 1.29 is 13.2 Å². The number of nitrogens with one attached hydrogen (secondary N) is 2. The topological polar surface area (TPSA) is 78.5 Å². The highest BCUT2D eigenvalue weighted by Gasteiger charge is 2.38. The fraction of sp³-hybridized carbons (Fsp3) is 0.611. The molecule has 0 bridgehead atoms. The quantitative estimate of drug-likeness (QED) is 0.740. The number of hydrogen-bond donors (Lipinski definition) is 2. The van der Waals surface area contributed by atoms with Crippen LogP contribution in [0.4, 0.5) is 5.69 Å². The van der Waals surface area contributed by atoms with Gasteiger partial charge in [-0.1, -0.05) is 26.7 Å². The highest BCUT2D eigenvalue weighted by atomic mass is 32.2. The number of amides is 1. The molecule has 0 unspecified atom stereocenters. The third-order valence-electron chi connectivity index (χ3n) is 5.00. The molecule has 0 spiro atoms. The van der Waals surface area contributed by atoms with Crippen LogP contribution < -0.4 is 10.0 Å². The monoisotopic (exact) mass is 367 g/mol. The Labute approximate surface area is 151 Å². The zero-order valence-electron chi connectivity index (χ0n) is 15.3. The second-order valence-electron chi connectivity index (χ2n) is 6.74. The molecule has 1 aromatic carbocycles. The summed E-state index contributed by atoms with van der Waals surface area (Å²) in [5.74, 6) is -0.121. The second-order valence-corrected chi connectivity index (χ2v) is 8.49. The average molecular weight is 368 g/mol. The number of carbonyl (C=O) groups is 1. The Morgan fingerprint density at radius 2 is 1.68 bits per heavy atom. The third-order valence-corrected chi connectivity index (χ3v) is 5.60. The Kier molecular flexibility index (Phi) is 6.46. The lowest BCUT2D eigenvalue weighted by Crippen LogP contribution is -2.54. The number of benzene rings is 1. The van der Waals surface area contributed by atoms with Crippen molar-refractivity contribution in [3.8, 4) is 0 Å². The Balaban J connectivity index is 2.01. The first-order valence-corrected chi connectivity index (χ1v) is 10.8. The molecule has 2 N–H and O–H groups in total. The maximum absolute atomic E-state index is 12.5.